The van der Waals surface area contributed by atoms with Gasteiger partial charge >= 0.3 is 0 Å². The fourth-order valence-electron chi connectivity index (χ4n) is 3.01. The van der Waals surface area contributed by atoms with Crippen LogP contribution in [0.25, 0.3) is 0 Å². The number of H-pyrrole nitrogens is 1. The van der Waals surface area contributed by atoms with Crippen LogP contribution in [0.3, 0.4) is 0 Å². The number of nitrogens with one attached hydrogen (secondary N) is 2. The minimum absolute atomic E-state index is 0.000615. The summed E-state index contributed by atoms with van der Waals surface area (Å²) in [7, 11) is 1.46. The van der Waals surface area contributed by atoms with E-state index in [2.05, 4.69) is 10.3 Å². The van der Waals surface area contributed by atoms with E-state index in [9.17, 15) is 18.8 Å². The van der Waals surface area contributed by atoms with E-state index in [0.29, 0.717) is 12.0 Å². The average Bonchev–Trinajstić information content (AvgIpc) is 3.42. The predicted molar refractivity (Wildman–Crippen MR) is 100 cm³/mol. The molecule has 0 saturated heterocycles. The molecule has 3 rings (SSSR count). The van der Waals surface area contributed by atoms with Gasteiger partial charge in [0.25, 0.3) is 17.4 Å². The van der Waals surface area contributed by atoms with Crippen molar-refractivity contribution >= 4 is 11.8 Å². The molecule has 0 spiro atoms. The molecule has 7 nitrogen and oxygen atoms in total. The summed E-state index contributed by atoms with van der Waals surface area (Å²) >= 11 is 0. The molecule has 3 N–H and O–H groups in total. The van der Waals surface area contributed by atoms with Crippen molar-refractivity contribution < 1.29 is 19.1 Å². The predicted octanol–water partition coefficient (Wildman–Crippen LogP) is 1.21. The molecule has 2 atom stereocenters. The quantitative estimate of drug-likeness (QED) is 0.693. The van der Waals surface area contributed by atoms with Crippen LogP contribution in [0.1, 0.15) is 38.3 Å². The zero-order valence-electron chi connectivity index (χ0n) is 15.7. The Morgan fingerprint density at radius 1 is 1.36 bits per heavy atom. The molecule has 1 saturated carbocycles. The van der Waals surface area contributed by atoms with Crippen LogP contribution >= 0.6 is 0 Å². The molecule has 1 aliphatic rings. The number of carbonyl (C=O) groups is 2. The van der Waals surface area contributed by atoms with Crippen molar-refractivity contribution in [1.82, 2.24) is 15.2 Å². The minimum Gasteiger partial charge on any atom is -0.396 e. The Morgan fingerprint density at radius 2 is 2.11 bits per heavy atom. The Labute approximate surface area is 161 Å². The average molecular weight is 387 g/mol. The SMILES string of the molecule is Cc1ccc(F)c(CN(C)C(=O)c2cc(C(=O)N[C@H]3C[C@@H]3CO)c[nH]c2=O)c1. The van der Waals surface area contributed by atoms with Crippen LogP contribution in [0, 0.1) is 18.7 Å². The molecular weight excluding hydrogens is 365 g/mol. The molecule has 1 aromatic heterocycles. The number of nitrogens with zero attached hydrogens (tertiary/aromatic N) is 1. The first-order valence-corrected chi connectivity index (χ1v) is 8.95. The maximum Gasteiger partial charge on any atom is 0.260 e. The molecule has 2 amide bonds. The number of hydrogen-bond donors (Lipinski definition) is 3. The summed E-state index contributed by atoms with van der Waals surface area (Å²) in [5.41, 5.74) is 0.511. The number of aliphatic hydroxyl groups excluding tert-OH is 1. The normalized spacial score (nSPS) is 17.9. The smallest absolute Gasteiger partial charge is 0.260 e. The minimum atomic E-state index is -0.627. The van der Waals surface area contributed by atoms with Gasteiger partial charge in [0.1, 0.15) is 11.4 Å². The van der Waals surface area contributed by atoms with E-state index in [0.717, 1.165) is 5.56 Å². The molecule has 28 heavy (non-hydrogen) atoms. The van der Waals surface area contributed by atoms with E-state index >= 15 is 0 Å². The number of halogens is 1. The molecule has 1 fully saturated rings. The lowest BCUT2D eigenvalue weighted by molar-refractivity contribution is 0.0782. The van der Waals surface area contributed by atoms with Gasteiger partial charge < -0.3 is 20.3 Å². The van der Waals surface area contributed by atoms with Crippen LogP contribution in [0.5, 0.6) is 0 Å². The molecule has 0 radical (unpaired) electrons. The number of amides is 2. The van der Waals surface area contributed by atoms with Crippen LogP contribution in [0.2, 0.25) is 0 Å². The Morgan fingerprint density at radius 3 is 2.79 bits per heavy atom. The summed E-state index contributed by atoms with van der Waals surface area (Å²) < 4.78 is 14.0. The third-order valence-electron chi connectivity index (χ3n) is 4.82. The highest BCUT2D eigenvalue weighted by Crippen LogP contribution is 2.29. The lowest BCUT2D eigenvalue weighted by atomic mass is 10.1. The van der Waals surface area contributed by atoms with Crippen molar-refractivity contribution in [2.24, 2.45) is 5.92 Å². The Bertz CT molecular complexity index is 972. The molecule has 1 heterocycles. The maximum absolute atomic E-state index is 14.0. The number of aryl methyl sites for hydroxylation is 1. The van der Waals surface area contributed by atoms with Gasteiger partial charge in [0.2, 0.25) is 0 Å². The summed E-state index contributed by atoms with van der Waals surface area (Å²) in [6.45, 7) is 1.81. The van der Waals surface area contributed by atoms with Crippen molar-refractivity contribution in [2.45, 2.75) is 25.9 Å². The highest BCUT2D eigenvalue weighted by Gasteiger charge is 2.37. The number of aliphatic hydroxyl groups is 1. The first-order valence-electron chi connectivity index (χ1n) is 8.95. The molecule has 1 aromatic carbocycles. The van der Waals surface area contributed by atoms with Gasteiger partial charge in [-0.15, -0.1) is 0 Å². The van der Waals surface area contributed by atoms with Crippen LogP contribution in [-0.2, 0) is 6.54 Å². The van der Waals surface area contributed by atoms with E-state index in [4.69, 9.17) is 5.11 Å². The zero-order chi connectivity index (χ0) is 20.4. The number of carbonyl (C=O) groups excluding carboxylic acids is 2. The second-order valence-electron chi connectivity index (χ2n) is 7.15. The van der Waals surface area contributed by atoms with E-state index in [1.54, 1.807) is 12.1 Å². The largest absolute Gasteiger partial charge is 0.396 e. The Hall–Kier alpha value is -3.00. The number of aromatic amines is 1. The lowest BCUT2D eigenvalue weighted by Crippen LogP contribution is -2.33. The van der Waals surface area contributed by atoms with E-state index in [1.165, 1.54) is 30.3 Å². The number of hydrogen-bond acceptors (Lipinski definition) is 4. The topological polar surface area (TPSA) is 102 Å². The highest BCUT2D eigenvalue weighted by atomic mass is 19.1. The van der Waals surface area contributed by atoms with Gasteiger partial charge in [-0.05, 0) is 25.5 Å². The molecule has 0 bridgehead atoms. The van der Waals surface area contributed by atoms with E-state index in [1.807, 2.05) is 6.92 Å². The van der Waals surface area contributed by atoms with Crippen molar-refractivity contribution in [3.05, 3.63) is 68.9 Å². The van der Waals surface area contributed by atoms with Gasteiger partial charge in [-0.1, -0.05) is 17.7 Å². The van der Waals surface area contributed by atoms with E-state index < -0.39 is 23.2 Å². The van der Waals surface area contributed by atoms with Gasteiger partial charge in [-0.25, -0.2) is 4.39 Å². The molecule has 1 aliphatic carbocycles. The number of aromatic nitrogens is 1. The van der Waals surface area contributed by atoms with Gasteiger partial charge in [-0.2, -0.15) is 0 Å². The highest BCUT2D eigenvalue weighted by molar-refractivity contribution is 5.99. The number of rotatable bonds is 6. The van der Waals surface area contributed by atoms with Crippen molar-refractivity contribution in [2.75, 3.05) is 13.7 Å². The van der Waals surface area contributed by atoms with Crippen LogP contribution < -0.4 is 10.9 Å². The lowest BCUT2D eigenvalue weighted by Gasteiger charge is -2.18. The maximum atomic E-state index is 14.0. The number of benzene rings is 1. The van der Waals surface area contributed by atoms with E-state index in [-0.39, 0.29) is 36.2 Å². The second kappa shape index (κ2) is 7.93. The molecule has 2 aromatic rings. The first-order chi connectivity index (χ1) is 13.3. The standard InChI is InChI=1S/C20H22FN3O4/c1-11-3-4-16(21)13(5-11)9-24(2)20(28)15-6-12(8-22-19(15)27)18(26)23-17-7-14(17)10-25/h3-6,8,14,17,25H,7,9-10H2,1-2H3,(H,22,27)(H,23,26)/t14-,17+/m1/s1. The Kier molecular flexibility index (Phi) is 5.60. The van der Waals surface area contributed by atoms with Crippen molar-refractivity contribution in [1.29, 1.82) is 0 Å². The third-order valence-corrected chi connectivity index (χ3v) is 4.82. The van der Waals surface area contributed by atoms with Crippen molar-refractivity contribution in [3.8, 4) is 0 Å². The van der Waals surface area contributed by atoms with Gasteiger partial charge in [-0.3, -0.25) is 14.4 Å². The molecule has 0 aliphatic heterocycles. The Balaban J connectivity index is 1.76. The van der Waals surface area contributed by atoms with Crippen LogP contribution in [0.4, 0.5) is 4.39 Å². The summed E-state index contributed by atoms with van der Waals surface area (Å²) in [4.78, 5) is 40.7. The molecular formula is C20H22FN3O4. The number of pyridine rings is 1. The monoisotopic (exact) mass is 387 g/mol. The summed E-state index contributed by atoms with van der Waals surface area (Å²) in [5, 5.41) is 11.8. The summed E-state index contributed by atoms with van der Waals surface area (Å²) in [5.74, 6) is -1.44. The van der Waals surface area contributed by atoms with Gasteiger partial charge in [0.15, 0.2) is 0 Å². The second-order valence-corrected chi connectivity index (χ2v) is 7.15. The molecule has 8 heteroatoms. The first kappa shape index (κ1) is 19.8. The molecule has 148 valence electrons. The van der Waals surface area contributed by atoms with Crippen molar-refractivity contribution in [3.63, 3.8) is 0 Å². The van der Waals surface area contributed by atoms with Gasteiger partial charge in [0.05, 0.1) is 5.56 Å². The van der Waals surface area contributed by atoms with Gasteiger partial charge in [0, 0.05) is 43.9 Å². The third kappa shape index (κ3) is 4.28. The fraction of sp³-hybridized carbons (Fsp3) is 0.350. The zero-order valence-corrected chi connectivity index (χ0v) is 15.7. The summed E-state index contributed by atoms with van der Waals surface area (Å²) in [6, 6.07) is 5.74. The molecule has 0 unspecified atom stereocenters. The summed E-state index contributed by atoms with van der Waals surface area (Å²) in [6.07, 6.45) is 1.94. The van der Waals surface area contributed by atoms with Crippen LogP contribution in [0.15, 0.2) is 35.3 Å². The fourth-order valence-corrected chi connectivity index (χ4v) is 3.01. The van der Waals surface area contributed by atoms with Crippen LogP contribution in [-0.4, -0.2) is 46.5 Å².